The molecule has 0 aromatic heterocycles. The summed E-state index contributed by atoms with van der Waals surface area (Å²) < 4.78 is 0. The SMILES string of the molecule is Cc1ccc(CN2CCC(Cl)CC2)cc1. The lowest BCUT2D eigenvalue weighted by Gasteiger charge is -2.29. The highest BCUT2D eigenvalue weighted by molar-refractivity contribution is 6.20. The smallest absolute Gasteiger partial charge is 0.0360 e. The highest BCUT2D eigenvalue weighted by Gasteiger charge is 2.16. The summed E-state index contributed by atoms with van der Waals surface area (Å²) in [5.41, 5.74) is 2.74. The summed E-state index contributed by atoms with van der Waals surface area (Å²) in [4.78, 5) is 2.49. The van der Waals surface area contributed by atoms with Crippen molar-refractivity contribution in [2.24, 2.45) is 0 Å². The molecule has 0 atom stereocenters. The van der Waals surface area contributed by atoms with Crippen LogP contribution in [0.5, 0.6) is 0 Å². The number of piperidine rings is 1. The molecule has 2 heteroatoms. The van der Waals surface area contributed by atoms with Gasteiger partial charge < -0.3 is 0 Å². The van der Waals surface area contributed by atoms with Gasteiger partial charge in [0.05, 0.1) is 0 Å². The number of alkyl halides is 1. The third kappa shape index (κ3) is 3.22. The molecule has 0 saturated carbocycles. The first-order valence-corrected chi connectivity index (χ1v) is 6.09. The predicted octanol–water partition coefficient (Wildman–Crippen LogP) is 3.20. The Morgan fingerprint density at radius 2 is 1.80 bits per heavy atom. The van der Waals surface area contributed by atoms with E-state index in [1.807, 2.05) is 0 Å². The van der Waals surface area contributed by atoms with Crippen molar-refractivity contribution < 1.29 is 0 Å². The minimum Gasteiger partial charge on any atom is -0.299 e. The molecule has 1 nitrogen and oxygen atoms in total. The lowest BCUT2D eigenvalue weighted by Crippen LogP contribution is -2.33. The van der Waals surface area contributed by atoms with Crippen molar-refractivity contribution in [3.8, 4) is 0 Å². The van der Waals surface area contributed by atoms with E-state index < -0.39 is 0 Å². The number of hydrogen-bond acceptors (Lipinski definition) is 1. The molecule has 15 heavy (non-hydrogen) atoms. The van der Waals surface area contributed by atoms with Crippen LogP contribution in [0.3, 0.4) is 0 Å². The van der Waals surface area contributed by atoms with E-state index in [4.69, 9.17) is 11.6 Å². The molecule has 0 amide bonds. The maximum Gasteiger partial charge on any atom is 0.0360 e. The van der Waals surface area contributed by atoms with Crippen molar-refractivity contribution >= 4 is 11.6 Å². The van der Waals surface area contributed by atoms with Crippen LogP contribution in [0, 0.1) is 6.92 Å². The van der Waals surface area contributed by atoms with Gasteiger partial charge in [-0.15, -0.1) is 11.6 Å². The largest absolute Gasteiger partial charge is 0.299 e. The van der Waals surface area contributed by atoms with Gasteiger partial charge in [-0.3, -0.25) is 4.90 Å². The molecule has 0 radical (unpaired) electrons. The first-order chi connectivity index (χ1) is 7.24. The van der Waals surface area contributed by atoms with Crippen LogP contribution in [0.4, 0.5) is 0 Å². The van der Waals surface area contributed by atoms with E-state index >= 15 is 0 Å². The molecule has 2 rings (SSSR count). The highest BCUT2D eigenvalue weighted by Crippen LogP contribution is 2.17. The van der Waals surface area contributed by atoms with Crippen LogP contribution in [0.2, 0.25) is 0 Å². The van der Waals surface area contributed by atoms with Crippen LogP contribution in [0.1, 0.15) is 24.0 Å². The fraction of sp³-hybridized carbons (Fsp3) is 0.538. The van der Waals surface area contributed by atoms with Crippen LogP contribution >= 0.6 is 11.6 Å². The van der Waals surface area contributed by atoms with Gasteiger partial charge in [0.15, 0.2) is 0 Å². The zero-order valence-electron chi connectivity index (χ0n) is 9.25. The Hall–Kier alpha value is -0.530. The molecular formula is C13H18ClN. The minimum absolute atomic E-state index is 0.402. The van der Waals surface area contributed by atoms with E-state index in [1.165, 1.54) is 11.1 Å². The average molecular weight is 224 g/mol. The molecule has 0 bridgehead atoms. The molecule has 0 N–H and O–H groups in total. The van der Waals surface area contributed by atoms with Crippen LogP contribution in [-0.2, 0) is 6.54 Å². The van der Waals surface area contributed by atoms with Gasteiger partial charge >= 0.3 is 0 Å². The molecule has 1 aromatic rings. The van der Waals surface area contributed by atoms with Gasteiger partial charge in [0.2, 0.25) is 0 Å². The number of rotatable bonds is 2. The number of hydrogen-bond donors (Lipinski definition) is 0. The number of likely N-dealkylation sites (tertiary alicyclic amines) is 1. The van der Waals surface area contributed by atoms with E-state index in [0.717, 1.165) is 32.5 Å². The van der Waals surface area contributed by atoms with Crippen molar-refractivity contribution in [2.75, 3.05) is 13.1 Å². The Labute approximate surface area is 97.0 Å². The Morgan fingerprint density at radius 3 is 2.40 bits per heavy atom. The van der Waals surface area contributed by atoms with E-state index in [0.29, 0.717) is 5.38 Å². The third-order valence-electron chi connectivity index (χ3n) is 3.04. The van der Waals surface area contributed by atoms with Gasteiger partial charge in [-0.05, 0) is 38.4 Å². The molecule has 0 aliphatic carbocycles. The summed E-state index contributed by atoms with van der Waals surface area (Å²) in [5.74, 6) is 0. The zero-order chi connectivity index (χ0) is 10.7. The maximum absolute atomic E-state index is 6.08. The summed E-state index contributed by atoms with van der Waals surface area (Å²) in [6.07, 6.45) is 2.26. The second-order valence-electron chi connectivity index (χ2n) is 4.44. The summed E-state index contributed by atoms with van der Waals surface area (Å²) in [6, 6.07) is 8.82. The Kier molecular flexibility index (Phi) is 3.66. The van der Waals surface area contributed by atoms with Gasteiger partial charge in [-0.2, -0.15) is 0 Å². The lowest BCUT2D eigenvalue weighted by atomic mass is 10.1. The van der Waals surface area contributed by atoms with Crippen molar-refractivity contribution in [3.05, 3.63) is 35.4 Å². The quantitative estimate of drug-likeness (QED) is 0.696. The first kappa shape index (κ1) is 11.0. The van der Waals surface area contributed by atoms with E-state index in [9.17, 15) is 0 Å². The van der Waals surface area contributed by atoms with E-state index in [1.54, 1.807) is 0 Å². The number of halogens is 1. The Morgan fingerprint density at radius 1 is 1.20 bits per heavy atom. The first-order valence-electron chi connectivity index (χ1n) is 5.66. The minimum atomic E-state index is 0.402. The second-order valence-corrected chi connectivity index (χ2v) is 5.05. The summed E-state index contributed by atoms with van der Waals surface area (Å²) >= 11 is 6.08. The normalized spacial score (nSPS) is 19.3. The maximum atomic E-state index is 6.08. The molecule has 1 heterocycles. The monoisotopic (exact) mass is 223 g/mol. The number of nitrogens with zero attached hydrogens (tertiary/aromatic N) is 1. The number of benzene rings is 1. The molecule has 0 spiro atoms. The molecule has 1 aliphatic rings. The molecule has 1 fully saturated rings. The molecule has 1 aliphatic heterocycles. The summed E-state index contributed by atoms with van der Waals surface area (Å²) in [6.45, 7) is 5.48. The highest BCUT2D eigenvalue weighted by atomic mass is 35.5. The van der Waals surface area contributed by atoms with E-state index in [2.05, 4.69) is 36.1 Å². The fourth-order valence-electron chi connectivity index (χ4n) is 2.01. The van der Waals surface area contributed by atoms with E-state index in [-0.39, 0.29) is 0 Å². The van der Waals surface area contributed by atoms with Gasteiger partial charge in [-0.1, -0.05) is 29.8 Å². The Balaban J connectivity index is 1.89. The predicted molar refractivity (Wildman–Crippen MR) is 65.3 cm³/mol. The van der Waals surface area contributed by atoms with Gasteiger partial charge in [0.1, 0.15) is 0 Å². The van der Waals surface area contributed by atoms with Gasteiger partial charge in [0.25, 0.3) is 0 Å². The molecule has 1 saturated heterocycles. The second kappa shape index (κ2) is 5.00. The molecule has 0 unspecified atom stereocenters. The average Bonchev–Trinajstić information content (AvgIpc) is 2.25. The van der Waals surface area contributed by atoms with Crippen molar-refractivity contribution in [1.29, 1.82) is 0 Å². The summed E-state index contributed by atoms with van der Waals surface area (Å²) in [7, 11) is 0. The van der Waals surface area contributed by atoms with Crippen molar-refractivity contribution in [3.63, 3.8) is 0 Å². The molecule has 1 aromatic carbocycles. The van der Waals surface area contributed by atoms with Gasteiger partial charge in [0, 0.05) is 11.9 Å². The van der Waals surface area contributed by atoms with Crippen LogP contribution < -0.4 is 0 Å². The lowest BCUT2D eigenvalue weighted by molar-refractivity contribution is 0.223. The topological polar surface area (TPSA) is 3.24 Å². The fourth-order valence-corrected chi connectivity index (χ4v) is 2.21. The van der Waals surface area contributed by atoms with Crippen molar-refractivity contribution in [1.82, 2.24) is 4.90 Å². The Bertz CT molecular complexity index is 299. The van der Waals surface area contributed by atoms with Crippen LogP contribution in [0.25, 0.3) is 0 Å². The van der Waals surface area contributed by atoms with Crippen molar-refractivity contribution in [2.45, 2.75) is 31.7 Å². The zero-order valence-corrected chi connectivity index (χ0v) is 10.0. The molecule has 82 valence electrons. The van der Waals surface area contributed by atoms with Crippen LogP contribution in [0.15, 0.2) is 24.3 Å². The van der Waals surface area contributed by atoms with Gasteiger partial charge in [-0.25, -0.2) is 0 Å². The van der Waals surface area contributed by atoms with Crippen LogP contribution in [-0.4, -0.2) is 23.4 Å². The number of aryl methyl sites for hydroxylation is 1. The third-order valence-corrected chi connectivity index (χ3v) is 3.48. The molecular weight excluding hydrogens is 206 g/mol. The summed E-state index contributed by atoms with van der Waals surface area (Å²) in [5, 5.41) is 0.402. The standard InChI is InChI=1S/C13H18ClN/c1-11-2-4-12(5-3-11)10-15-8-6-13(14)7-9-15/h2-5,13H,6-10H2,1H3.